The first-order chi connectivity index (χ1) is 10.0. The predicted molar refractivity (Wildman–Crippen MR) is 97.2 cm³/mol. The maximum atomic E-state index is 12.3. The van der Waals surface area contributed by atoms with E-state index in [4.69, 9.17) is 10.5 Å². The summed E-state index contributed by atoms with van der Waals surface area (Å²) in [4.78, 5) is 16.4. The van der Waals surface area contributed by atoms with Crippen LogP contribution in [-0.2, 0) is 11.3 Å². The molecule has 2 rings (SSSR count). The van der Waals surface area contributed by atoms with E-state index in [0.717, 1.165) is 18.5 Å². The first-order valence-electron chi connectivity index (χ1n) is 7.87. The van der Waals surface area contributed by atoms with Crippen molar-refractivity contribution in [3.8, 4) is 0 Å². The van der Waals surface area contributed by atoms with Crippen molar-refractivity contribution in [2.45, 2.75) is 52.7 Å². The maximum Gasteiger partial charge on any atom is 0.339 e. The largest absolute Gasteiger partial charge is 0.458 e. The van der Waals surface area contributed by atoms with Crippen molar-refractivity contribution < 1.29 is 9.53 Å². The number of halogens is 2. The van der Waals surface area contributed by atoms with Gasteiger partial charge in [0, 0.05) is 12.7 Å². The third-order valence-electron chi connectivity index (χ3n) is 4.49. The lowest BCUT2D eigenvalue weighted by Crippen LogP contribution is -2.35. The number of pyridine rings is 1. The molecule has 6 heteroatoms. The molecule has 0 spiro atoms. The standard InChI is InChI=1S/C17H26N2O2.2ClH/c1-11(2)15-7-4-12(3)8-16(15)21-17(20)13-5-6-14(9-18)19-10-13;;/h5-6,10-12,15-16H,4,7-9,18H2,1-3H3;2*1H/t12-,15+,16-;;/m0../s1. The Kier molecular flexibility index (Phi) is 9.74. The molecule has 3 atom stereocenters. The highest BCUT2D eigenvalue weighted by Gasteiger charge is 2.33. The summed E-state index contributed by atoms with van der Waals surface area (Å²) in [6.07, 6.45) is 4.91. The first kappa shape index (κ1) is 22.2. The van der Waals surface area contributed by atoms with Crippen LogP contribution in [0.3, 0.4) is 0 Å². The van der Waals surface area contributed by atoms with Crippen LogP contribution in [0.25, 0.3) is 0 Å². The molecule has 0 amide bonds. The second kappa shape index (κ2) is 10.1. The molecule has 23 heavy (non-hydrogen) atoms. The molecule has 1 aliphatic rings. The number of aromatic nitrogens is 1. The summed E-state index contributed by atoms with van der Waals surface area (Å²) in [7, 11) is 0. The monoisotopic (exact) mass is 362 g/mol. The fourth-order valence-corrected chi connectivity index (χ4v) is 3.12. The van der Waals surface area contributed by atoms with E-state index >= 15 is 0 Å². The molecule has 0 aliphatic heterocycles. The minimum Gasteiger partial charge on any atom is -0.458 e. The number of ether oxygens (including phenoxy) is 1. The van der Waals surface area contributed by atoms with Gasteiger partial charge in [0.05, 0.1) is 11.3 Å². The summed E-state index contributed by atoms with van der Waals surface area (Å²) in [6.45, 7) is 7.03. The number of hydrogen-bond acceptors (Lipinski definition) is 4. The van der Waals surface area contributed by atoms with Gasteiger partial charge in [0.15, 0.2) is 0 Å². The zero-order chi connectivity index (χ0) is 15.4. The van der Waals surface area contributed by atoms with Gasteiger partial charge in [-0.05, 0) is 42.7 Å². The summed E-state index contributed by atoms with van der Waals surface area (Å²) in [5, 5.41) is 0. The van der Waals surface area contributed by atoms with Gasteiger partial charge in [-0.1, -0.05) is 27.2 Å². The summed E-state index contributed by atoms with van der Waals surface area (Å²) in [5.41, 5.74) is 6.80. The van der Waals surface area contributed by atoms with Crippen LogP contribution in [-0.4, -0.2) is 17.1 Å². The summed E-state index contributed by atoms with van der Waals surface area (Å²) >= 11 is 0. The summed E-state index contributed by atoms with van der Waals surface area (Å²) in [5.74, 6) is 1.35. The number of nitrogens with zero attached hydrogens (tertiary/aromatic N) is 1. The van der Waals surface area contributed by atoms with Crippen molar-refractivity contribution in [1.29, 1.82) is 0 Å². The Labute approximate surface area is 151 Å². The van der Waals surface area contributed by atoms with Crippen molar-refractivity contribution in [2.75, 3.05) is 0 Å². The molecular weight excluding hydrogens is 335 g/mol. The highest BCUT2D eigenvalue weighted by atomic mass is 35.5. The second-order valence-electron chi connectivity index (χ2n) is 6.51. The van der Waals surface area contributed by atoms with Gasteiger partial charge in [-0.15, -0.1) is 24.8 Å². The molecule has 1 fully saturated rings. The van der Waals surface area contributed by atoms with Gasteiger partial charge < -0.3 is 10.5 Å². The van der Waals surface area contributed by atoms with Crippen molar-refractivity contribution >= 4 is 30.8 Å². The van der Waals surface area contributed by atoms with E-state index in [1.165, 1.54) is 6.42 Å². The number of carbonyl (C=O) groups excluding carboxylic acids is 1. The number of hydrogen-bond donors (Lipinski definition) is 1. The Bertz CT molecular complexity index is 480. The van der Waals surface area contributed by atoms with Gasteiger partial charge in [-0.25, -0.2) is 4.79 Å². The fraction of sp³-hybridized carbons (Fsp3) is 0.647. The third-order valence-corrected chi connectivity index (χ3v) is 4.49. The minimum absolute atomic E-state index is 0. The number of esters is 1. The van der Waals surface area contributed by atoms with E-state index in [2.05, 4.69) is 25.8 Å². The van der Waals surface area contributed by atoms with Crippen LogP contribution in [0.1, 0.15) is 56.1 Å². The Hall–Kier alpha value is -0.840. The lowest BCUT2D eigenvalue weighted by atomic mass is 9.75. The highest BCUT2D eigenvalue weighted by molar-refractivity contribution is 5.89. The van der Waals surface area contributed by atoms with Crippen molar-refractivity contribution in [1.82, 2.24) is 4.98 Å². The first-order valence-corrected chi connectivity index (χ1v) is 7.87. The fourth-order valence-electron chi connectivity index (χ4n) is 3.12. The summed E-state index contributed by atoms with van der Waals surface area (Å²) < 4.78 is 5.79. The van der Waals surface area contributed by atoms with Crippen LogP contribution in [0, 0.1) is 17.8 Å². The summed E-state index contributed by atoms with van der Waals surface area (Å²) in [6, 6.07) is 3.52. The van der Waals surface area contributed by atoms with E-state index < -0.39 is 0 Å². The average molecular weight is 363 g/mol. The lowest BCUT2D eigenvalue weighted by molar-refractivity contribution is -0.0174. The van der Waals surface area contributed by atoms with Gasteiger partial charge in [-0.3, -0.25) is 4.98 Å². The third kappa shape index (κ3) is 5.94. The Morgan fingerprint density at radius 2 is 2.04 bits per heavy atom. The maximum absolute atomic E-state index is 12.3. The highest BCUT2D eigenvalue weighted by Crippen LogP contribution is 2.35. The van der Waals surface area contributed by atoms with E-state index in [1.807, 2.05) is 0 Å². The molecule has 1 aromatic heterocycles. The number of carbonyl (C=O) groups is 1. The zero-order valence-corrected chi connectivity index (χ0v) is 15.7. The average Bonchev–Trinajstić information content (AvgIpc) is 2.47. The minimum atomic E-state index is -0.268. The molecule has 2 N–H and O–H groups in total. The topological polar surface area (TPSA) is 65.2 Å². The molecule has 1 saturated carbocycles. The number of nitrogens with two attached hydrogens (primary N) is 1. The van der Waals surface area contributed by atoms with Crippen LogP contribution < -0.4 is 5.73 Å². The Balaban J connectivity index is 0.00000242. The normalized spacial score (nSPS) is 23.6. The van der Waals surface area contributed by atoms with Gasteiger partial charge in [0.25, 0.3) is 0 Å². The van der Waals surface area contributed by atoms with Crippen LogP contribution >= 0.6 is 24.8 Å². The van der Waals surface area contributed by atoms with E-state index in [-0.39, 0.29) is 36.9 Å². The van der Waals surface area contributed by atoms with Crippen molar-refractivity contribution in [3.05, 3.63) is 29.6 Å². The molecular formula is C17H28Cl2N2O2. The lowest BCUT2D eigenvalue weighted by Gasteiger charge is -2.36. The molecule has 1 aliphatic carbocycles. The SMILES string of the molecule is CC(C)[C@H]1CC[C@H](C)C[C@@H]1OC(=O)c1ccc(CN)nc1.Cl.Cl. The molecule has 0 aromatic carbocycles. The van der Waals surface area contributed by atoms with Gasteiger partial charge >= 0.3 is 5.97 Å². The predicted octanol–water partition coefficient (Wildman–Crippen LogP) is 4.00. The molecule has 0 unspecified atom stereocenters. The van der Waals surface area contributed by atoms with Gasteiger partial charge in [0.2, 0.25) is 0 Å². The number of rotatable bonds is 4. The van der Waals surface area contributed by atoms with Crippen molar-refractivity contribution in [3.63, 3.8) is 0 Å². The van der Waals surface area contributed by atoms with Crippen LogP contribution in [0.15, 0.2) is 18.3 Å². The molecule has 4 nitrogen and oxygen atoms in total. The Morgan fingerprint density at radius 1 is 1.35 bits per heavy atom. The molecule has 0 radical (unpaired) electrons. The van der Waals surface area contributed by atoms with Gasteiger partial charge in [-0.2, -0.15) is 0 Å². The zero-order valence-electron chi connectivity index (χ0n) is 14.0. The van der Waals surface area contributed by atoms with E-state index in [0.29, 0.717) is 29.9 Å². The van der Waals surface area contributed by atoms with E-state index in [9.17, 15) is 4.79 Å². The smallest absolute Gasteiger partial charge is 0.339 e. The molecule has 1 heterocycles. The molecule has 0 bridgehead atoms. The van der Waals surface area contributed by atoms with Crippen LogP contribution in [0.4, 0.5) is 0 Å². The van der Waals surface area contributed by atoms with Crippen molar-refractivity contribution in [2.24, 2.45) is 23.5 Å². The van der Waals surface area contributed by atoms with Crippen LogP contribution in [0.2, 0.25) is 0 Å². The molecule has 1 aromatic rings. The second-order valence-corrected chi connectivity index (χ2v) is 6.51. The quantitative estimate of drug-likeness (QED) is 0.821. The molecule has 0 saturated heterocycles. The Morgan fingerprint density at radius 3 is 2.57 bits per heavy atom. The van der Waals surface area contributed by atoms with Gasteiger partial charge in [0.1, 0.15) is 6.10 Å². The van der Waals surface area contributed by atoms with E-state index in [1.54, 1.807) is 18.3 Å². The van der Waals surface area contributed by atoms with Crippen LogP contribution in [0.5, 0.6) is 0 Å². The molecule has 132 valence electrons.